The van der Waals surface area contributed by atoms with Crippen molar-refractivity contribution in [2.45, 2.75) is 89.9 Å². The second-order valence-electron chi connectivity index (χ2n) is 8.52. The van der Waals surface area contributed by atoms with Crippen LogP contribution in [0.4, 0.5) is 0 Å². The lowest BCUT2D eigenvalue weighted by Crippen LogP contribution is -2.33. The molecule has 2 aromatic rings. The fourth-order valence-electron chi connectivity index (χ4n) is 3.86. The van der Waals surface area contributed by atoms with Crippen molar-refractivity contribution in [2.75, 3.05) is 6.54 Å². The third-order valence-corrected chi connectivity index (χ3v) is 5.93. The first-order valence-corrected chi connectivity index (χ1v) is 11.8. The van der Waals surface area contributed by atoms with Crippen LogP contribution in [0.5, 0.6) is 0 Å². The van der Waals surface area contributed by atoms with Crippen LogP contribution < -0.4 is 5.32 Å². The normalized spacial score (nSPS) is 14.4. The van der Waals surface area contributed by atoms with Gasteiger partial charge in [-0.05, 0) is 49.4 Å². The minimum absolute atomic E-state index is 0.0658. The van der Waals surface area contributed by atoms with Crippen molar-refractivity contribution in [3.8, 4) is 0 Å². The Hall–Kier alpha value is -1.68. The van der Waals surface area contributed by atoms with E-state index in [1.54, 1.807) is 0 Å². The van der Waals surface area contributed by atoms with E-state index in [1.165, 1.54) is 50.5 Å². The molecule has 30 heavy (non-hydrogen) atoms. The smallest absolute Gasteiger partial charge is 0.0940 e. The Bertz CT molecular complexity index is 671. The van der Waals surface area contributed by atoms with Gasteiger partial charge in [0.05, 0.1) is 12.2 Å². The van der Waals surface area contributed by atoms with Crippen molar-refractivity contribution in [1.82, 2.24) is 5.32 Å². The van der Waals surface area contributed by atoms with E-state index in [9.17, 15) is 10.2 Å². The Morgan fingerprint density at radius 3 is 2.07 bits per heavy atom. The predicted molar refractivity (Wildman–Crippen MR) is 127 cm³/mol. The maximum Gasteiger partial charge on any atom is 0.0940 e. The summed E-state index contributed by atoms with van der Waals surface area (Å²) in [6, 6.07) is 18.1. The average molecular weight is 412 g/mol. The molecule has 3 atom stereocenters. The van der Waals surface area contributed by atoms with E-state index >= 15 is 0 Å². The molecule has 0 amide bonds. The largest absolute Gasteiger partial charge is 0.388 e. The highest BCUT2D eigenvalue weighted by Crippen LogP contribution is 2.20. The molecule has 0 spiro atoms. The SMILES string of the molecule is CCCCCCCCCc1ccc(C(O)CCNC(C)C(O)c2ccccc2)cc1. The summed E-state index contributed by atoms with van der Waals surface area (Å²) in [7, 11) is 0. The maximum absolute atomic E-state index is 10.5. The summed E-state index contributed by atoms with van der Waals surface area (Å²) in [6.07, 6.45) is 10.1. The number of aliphatic hydroxyl groups excluding tert-OH is 2. The van der Waals surface area contributed by atoms with Gasteiger partial charge in [0.25, 0.3) is 0 Å². The molecule has 3 unspecified atom stereocenters. The number of unbranched alkanes of at least 4 members (excludes halogenated alkanes) is 6. The monoisotopic (exact) mass is 411 g/mol. The zero-order valence-electron chi connectivity index (χ0n) is 18.9. The van der Waals surface area contributed by atoms with Crippen molar-refractivity contribution >= 4 is 0 Å². The highest BCUT2D eigenvalue weighted by molar-refractivity contribution is 5.24. The molecule has 3 N–H and O–H groups in total. The molecule has 166 valence electrons. The molecule has 0 heterocycles. The number of hydrogen-bond acceptors (Lipinski definition) is 3. The molecule has 3 heteroatoms. The second kappa shape index (κ2) is 14.3. The lowest BCUT2D eigenvalue weighted by atomic mass is 10.0. The molecule has 0 saturated heterocycles. The summed E-state index contributed by atoms with van der Waals surface area (Å²) in [5, 5.41) is 24.2. The number of benzene rings is 2. The summed E-state index contributed by atoms with van der Waals surface area (Å²) >= 11 is 0. The van der Waals surface area contributed by atoms with Crippen LogP contribution in [0.1, 0.15) is 94.1 Å². The molecule has 0 aliphatic carbocycles. The molecule has 0 aliphatic heterocycles. The maximum atomic E-state index is 10.5. The van der Waals surface area contributed by atoms with E-state index in [2.05, 4.69) is 36.5 Å². The van der Waals surface area contributed by atoms with Crippen molar-refractivity contribution in [2.24, 2.45) is 0 Å². The minimum atomic E-state index is -0.547. The van der Waals surface area contributed by atoms with Crippen molar-refractivity contribution in [3.05, 3.63) is 71.3 Å². The van der Waals surface area contributed by atoms with E-state index in [-0.39, 0.29) is 6.04 Å². The Morgan fingerprint density at radius 2 is 1.40 bits per heavy atom. The summed E-state index contributed by atoms with van der Waals surface area (Å²) < 4.78 is 0. The van der Waals surface area contributed by atoms with Crippen LogP contribution in [0.15, 0.2) is 54.6 Å². The summed E-state index contributed by atoms with van der Waals surface area (Å²) in [4.78, 5) is 0. The Morgan fingerprint density at radius 1 is 0.767 bits per heavy atom. The molecule has 0 fully saturated rings. The molecule has 2 aromatic carbocycles. The zero-order chi connectivity index (χ0) is 21.6. The number of aliphatic hydroxyl groups is 2. The van der Waals surface area contributed by atoms with Gasteiger partial charge >= 0.3 is 0 Å². The van der Waals surface area contributed by atoms with Gasteiger partial charge in [-0.1, -0.05) is 100 Å². The molecule has 0 bridgehead atoms. The van der Waals surface area contributed by atoms with E-state index in [4.69, 9.17) is 0 Å². The Labute approximate surface area is 183 Å². The first kappa shape index (κ1) is 24.6. The highest BCUT2D eigenvalue weighted by Gasteiger charge is 2.16. The fraction of sp³-hybridized carbons (Fsp3) is 0.556. The van der Waals surface area contributed by atoms with Gasteiger partial charge in [-0.2, -0.15) is 0 Å². The standard InChI is InChI=1S/C27H41NO2/c1-3-4-5-6-7-8-10-13-23-16-18-24(19-17-23)26(29)20-21-28-22(2)27(30)25-14-11-9-12-15-25/h9,11-12,14-19,22,26-30H,3-8,10,13,20-21H2,1-2H3. The summed E-state index contributed by atoms with van der Waals surface area (Å²) in [5.74, 6) is 0. The van der Waals surface area contributed by atoms with E-state index in [1.807, 2.05) is 37.3 Å². The number of aryl methyl sites for hydroxylation is 1. The first-order valence-electron chi connectivity index (χ1n) is 11.8. The van der Waals surface area contributed by atoms with Gasteiger partial charge in [0.1, 0.15) is 0 Å². The van der Waals surface area contributed by atoms with Gasteiger partial charge in [0, 0.05) is 6.04 Å². The second-order valence-corrected chi connectivity index (χ2v) is 8.52. The molecule has 3 nitrogen and oxygen atoms in total. The van der Waals surface area contributed by atoms with Crippen molar-refractivity contribution < 1.29 is 10.2 Å². The number of rotatable bonds is 15. The summed E-state index contributed by atoms with van der Waals surface area (Å²) in [5.41, 5.74) is 3.24. The third kappa shape index (κ3) is 8.99. The topological polar surface area (TPSA) is 52.5 Å². The van der Waals surface area contributed by atoms with E-state index in [0.717, 1.165) is 17.5 Å². The van der Waals surface area contributed by atoms with Crippen molar-refractivity contribution in [1.29, 1.82) is 0 Å². The lowest BCUT2D eigenvalue weighted by molar-refractivity contribution is 0.127. The minimum Gasteiger partial charge on any atom is -0.388 e. The predicted octanol–water partition coefficient (Wildman–Crippen LogP) is 6.11. The van der Waals surface area contributed by atoms with Gasteiger partial charge in [-0.3, -0.25) is 0 Å². The van der Waals surface area contributed by atoms with E-state index in [0.29, 0.717) is 13.0 Å². The first-order chi connectivity index (χ1) is 14.6. The Balaban J connectivity index is 1.65. The molecule has 0 saturated carbocycles. The van der Waals surface area contributed by atoms with Crippen LogP contribution in [-0.4, -0.2) is 22.8 Å². The van der Waals surface area contributed by atoms with Crippen LogP contribution in [0, 0.1) is 0 Å². The number of hydrogen-bond donors (Lipinski definition) is 3. The molecule has 2 rings (SSSR count). The van der Waals surface area contributed by atoms with Crippen LogP contribution in [-0.2, 0) is 6.42 Å². The quantitative estimate of drug-likeness (QED) is 0.310. The number of nitrogens with one attached hydrogen (secondary N) is 1. The molecule has 0 radical (unpaired) electrons. The van der Waals surface area contributed by atoms with Gasteiger partial charge in [0.2, 0.25) is 0 Å². The zero-order valence-corrected chi connectivity index (χ0v) is 18.9. The summed E-state index contributed by atoms with van der Waals surface area (Å²) in [6.45, 7) is 4.89. The molecule has 0 aliphatic rings. The highest BCUT2D eigenvalue weighted by atomic mass is 16.3. The average Bonchev–Trinajstić information content (AvgIpc) is 2.78. The Kier molecular flexibility index (Phi) is 11.8. The van der Waals surface area contributed by atoms with E-state index < -0.39 is 12.2 Å². The van der Waals surface area contributed by atoms with Crippen LogP contribution in [0.3, 0.4) is 0 Å². The van der Waals surface area contributed by atoms with Crippen LogP contribution >= 0.6 is 0 Å². The van der Waals surface area contributed by atoms with Gasteiger partial charge in [-0.15, -0.1) is 0 Å². The molecular formula is C27H41NO2. The third-order valence-electron chi connectivity index (χ3n) is 5.93. The fourth-order valence-corrected chi connectivity index (χ4v) is 3.86. The van der Waals surface area contributed by atoms with Gasteiger partial charge in [0.15, 0.2) is 0 Å². The van der Waals surface area contributed by atoms with Crippen LogP contribution in [0.25, 0.3) is 0 Å². The lowest BCUT2D eigenvalue weighted by Gasteiger charge is -2.21. The van der Waals surface area contributed by atoms with Gasteiger partial charge in [-0.25, -0.2) is 0 Å². The molecular weight excluding hydrogens is 370 g/mol. The van der Waals surface area contributed by atoms with Gasteiger partial charge < -0.3 is 15.5 Å². The molecule has 0 aromatic heterocycles. The van der Waals surface area contributed by atoms with Crippen molar-refractivity contribution in [3.63, 3.8) is 0 Å². The van der Waals surface area contributed by atoms with Crippen LogP contribution in [0.2, 0.25) is 0 Å².